The summed E-state index contributed by atoms with van der Waals surface area (Å²) >= 11 is -0.782. The Bertz CT molecular complexity index is 435. The number of carbonyl (C=O) groups excluding carboxylic acids is 1. The first-order valence-electron chi connectivity index (χ1n) is 8.28. The van der Waals surface area contributed by atoms with Crippen LogP contribution in [0.25, 0.3) is 0 Å². The standard InChI is InChI=1S/C18H30O2S/c1-13(10-12-21(20)17(2,3)4)14-8-9-15-16(19)7-6-11-18(14,15)5/h8,13,15H,6-7,9-12H2,1-5H3/t13-,15+,18-,21?/m1/s1. The van der Waals surface area contributed by atoms with Crippen LogP contribution in [0.2, 0.25) is 0 Å². The molecule has 0 amide bonds. The Morgan fingerprint density at radius 2 is 2.14 bits per heavy atom. The molecule has 21 heavy (non-hydrogen) atoms. The van der Waals surface area contributed by atoms with E-state index in [2.05, 4.69) is 19.9 Å². The number of fused-ring (bicyclic) bond motifs is 1. The van der Waals surface area contributed by atoms with E-state index >= 15 is 0 Å². The van der Waals surface area contributed by atoms with E-state index in [0.717, 1.165) is 37.9 Å². The predicted molar refractivity (Wildman–Crippen MR) is 89.7 cm³/mol. The van der Waals surface area contributed by atoms with Crippen molar-refractivity contribution >= 4 is 17.0 Å². The average Bonchev–Trinajstić information content (AvgIpc) is 2.73. The summed E-state index contributed by atoms with van der Waals surface area (Å²) in [6, 6.07) is 0. The van der Waals surface area contributed by atoms with Crippen molar-refractivity contribution in [1.82, 2.24) is 0 Å². The monoisotopic (exact) mass is 310 g/mol. The maximum atomic E-state index is 12.2. The van der Waals surface area contributed by atoms with Gasteiger partial charge in [0.15, 0.2) is 0 Å². The number of ketones is 1. The molecule has 0 aromatic heterocycles. The fourth-order valence-corrected chi connectivity index (χ4v) is 5.24. The first-order chi connectivity index (χ1) is 9.66. The molecule has 2 nitrogen and oxygen atoms in total. The molecule has 0 radical (unpaired) electrons. The van der Waals surface area contributed by atoms with Crippen LogP contribution in [0, 0.1) is 17.3 Å². The fraction of sp³-hybridized carbons (Fsp3) is 0.833. The van der Waals surface area contributed by atoms with Crippen LogP contribution >= 0.6 is 0 Å². The number of Topliss-reactive ketones (excluding diaryl/α,β-unsaturated/α-hetero) is 1. The summed E-state index contributed by atoms with van der Waals surface area (Å²) in [5.74, 6) is 1.88. The maximum Gasteiger partial charge on any atom is 0.137 e. The Hall–Kier alpha value is -0.280. The van der Waals surface area contributed by atoms with Crippen molar-refractivity contribution in [3.05, 3.63) is 11.6 Å². The minimum Gasteiger partial charge on any atom is -0.616 e. The number of allylic oxidation sites excluding steroid dienone is 2. The van der Waals surface area contributed by atoms with Gasteiger partial charge in [0.2, 0.25) is 0 Å². The number of carbonyl (C=O) groups is 1. The van der Waals surface area contributed by atoms with Gasteiger partial charge in [-0.1, -0.05) is 25.5 Å². The second kappa shape index (κ2) is 6.08. The molecule has 2 rings (SSSR count). The fourth-order valence-electron chi connectivity index (χ4n) is 4.06. The normalized spacial score (nSPS) is 32.6. The summed E-state index contributed by atoms with van der Waals surface area (Å²) in [6.07, 6.45) is 7.15. The highest BCUT2D eigenvalue weighted by Gasteiger charge is 2.48. The van der Waals surface area contributed by atoms with Gasteiger partial charge in [-0.2, -0.15) is 0 Å². The van der Waals surface area contributed by atoms with Crippen molar-refractivity contribution in [1.29, 1.82) is 0 Å². The van der Waals surface area contributed by atoms with Crippen molar-refractivity contribution < 1.29 is 9.35 Å². The summed E-state index contributed by atoms with van der Waals surface area (Å²) in [6.45, 7) is 10.7. The van der Waals surface area contributed by atoms with Gasteiger partial charge in [-0.15, -0.1) is 0 Å². The second-order valence-electron chi connectivity index (χ2n) is 8.04. The Morgan fingerprint density at radius 3 is 2.76 bits per heavy atom. The number of rotatable bonds is 4. The van der Waals surface area contributed by atoms with Crippen LogP contribution in [0.3, 0.4) is 0 Å². The van der Waals surface area contributed by atoms with Gasteiger partial charge in [-0.3, -0.25) is 4.79 Å². The molecule has 0 saturated heterocycles. The third-order valence-electron chi connectivity index (χ3n) is 5.46. The number of hydrogen-bond donors (Lipinski definition) is 0. The molecule has 0 spiro atoms. The molecule has 0 aliphatic heterocycles. The molecule has 0 heterocycles. The van der Waals surface area contributed by atoms with Gasteiger partial charge in [0, 0.05) is 12.3 Å². The van der Waals surface area contributed by atoms with E-state index in [1.807, 2.05) is 20.8 Å². The molecule has 2 aliphatic rings. The lowest BCUT2D eigenvalue weighted by atomic mass is 9.63. The zero-order valence-electron chi connectivity index (χ0n) is 14.2. The molecule has 1 fully saturated rings. The molecule has 0 aromatic carbocycles. The molecule has 1 unspecified atom stereocenters. The SMILES string of the molecule is C[C@H](CC[S+]([O-])C(C)(C)C)C1=CC[C@H]2C(=O)CCC[C@]12C. The minimum absolute atomic E-state index is 0.0813. The van der Waals surface area contributed by atoms with Gasteiger partial charge in [0.25, 0.3) is 0 Å². The van der Waals surface area contributed by atoms with Crippen molar-refractivity contribution in [2.24, 2.45) is 17.3 Å². The molecule has 0 aromatic rings. The van der Waals surface area contributed by atoms with Crippen molar-refractivity contribution in [2.45, 2.75) is 71.5 Å². The van der Waals surface area contributed by atoms with E-state index in [1.165, 1.54) is 5.57 Å². The summed E-state index contributed by atoms with van der Waals surface area (Å²) < 4.78 is 12.1. The lowest BCUT2D eigenvalue weighted by Crippen LogP contribution is -2.37. The summed E-state index contributed by atoms with van der Waals surface area (Å²) in [4.78, 5) is 12.2. The molecule has 0 bridgehead atoms. The molecule has 120 valence electrons. The Labute approximate surface area is 132 Å². The molecule has 4 atom stereocenters. The lowest BCUT2D eigenvalue weighted by molar-refractivity contribution is -0.128. The van der Waals surface area contributed by atoms with Crippen molar-refractivity contribution in [2.75, 3.05) is 5.75 Å². The summed E-state index contributed by atoms with van der Waals surface area (Å²) in [7, 11) is 0. The zero-order valence-corrected chi connectivity index (χ0v) is 15.0. The molecular formula is C18H30O2S. The third-order valence-corrected chi connectivity index (χ3v) is 7.43. The van der Waals surface area contributed by atoms with E-state index in [4.69, 9.17) is 0 Å². The van der Waals surface area contributed by atoms with Crippen LogP contribution in [0.4, 0.5) is 0 Å². The summed E-state index contributed by atoms with van der Waals surface area (Å²) in [5.41, 5.74) is 1.55. The molecule has 3 heteroatoms. The first-order valence-corrected chi connectivity index (χ1v) is 9.60. The molecule has 1 saturated carbocycles. The van der Waals surface area contributed by atoms with E-state index < -0.39 is 11.2 Å². The van der Waals surface area contributed by atoms with Crippen LogP contribution < -0.4 is 0 Å². The van der Waals surface area contributed by atoms with Gasteiger partial charge in [0.05, 0.1) is 0 Å². The predicted octanol–water partition coefficient (Wildman–Crippen LogP) is 4.27. The minimum atomic E-state index is -0.782. The number of hydrogen-bond acceptors (Lipinski definition) is 2. The smallest absolute Gasteiger partial charge is 0.137 e. The van der Waals surface area contributed by atoms with Gasteiger partial charge >= 0.3 is 0 Å². The van der Waals surface area contributed by atoms with Gasteiger partial charge < -0.3 is 4.55 Å². The van der Waals surface area contributed by atoms with Gasteiger partial charge in [-0.05, 0) is 69.0 Å². The maximum absolute atomic E-state index is 12.2. The Morgan fingerprint density at radius 1 is 1.48 bits per heavy atom. The highest BCUT2D eigenvalue weighted by molar-refractivity contribution is 7.92. The van der Waals surface area contributed by atoms with E-state index in [9.17, 15) is 9.35 Å². The highest BCUT2D eigenvalue weighted by atomic mass is 32.2. The van der Waals surface area contributed by atoms with E-state index in [1.54, 1.807) is 0 Å². The van der Waals surface area contributed by atoms with Crippen LogP contribution in [0.15, 0.2) is 11.6 Å². The van der Waals surface area contributed by atoms with Gasteiger partial charge in [-0.25, -0.2) is 0 Å². The van der Waals surface area contributed by atoms with Crippen molar-refractivity contribution in [3.8, 4) is 0 Å². The summed E-state index contributed by atoms with van der Waals surface area (Å²) in [5, 5.41) is 0. The van der Waals surface area contributed by atoms with E-state index in [0.29, 0.717) is 11.7 Å². The topological polar surface area (TPSA) is 40.1 Å². The Kier molecular flexibility index (Phi) is 4.94. The second-order valence-corrected chi connectivity index (χ2v) is 10.4. The van der Waals surface area contributed by atoms with Crippen molar-refractivity contribution in [3.63, 3.8) is 0 Å². The molecular weight excluding hydrogens is 280 g/mol. The Balaban J connectivity index is 2.00. The largest absolute Gasteiger partial charge is 0.616 e. The quantitative estimate of drug-likeness (QED) is 0.575. The first kappa shape index (κ1) is 17.1. The van der Waals surface area contributed by atoms with Crippen LogP contribution in [0.5, 0.6) is 0 Å². The van der Waals surface area contributed by atoms with Gasteiger partial charge in [0.1, 0.15) is 16.3 Å². The third kappa shape index (κ3) is 3.39. The van der Waals surface area contributed by atoms with Crippen LogP contribution in [0.1, 0.15) is 66.7 Å². The van der Waals surface area contributed by atoms with Crippen LogP contribution in [-0.2, 0) is 16.0 Å². The molecule has 0 N–H and O–H groups in total. The average molecular weight is 311 g/mol. The van der Waals surface area contributed by atoms with E-state index in [-0.39, 0.29) is 16.1 Å². The highest BCUT2D eigenvalue weighted by Crippen LogP contribution is 2.53. The molecule has 2 aliphatic carbocycles. The zero-order chi connectivity index (χ0) is 15.8. The lowest BCUT2D eigenvalue weighted by Gasteiger charge is -2.40. The van der Waals surface area contributed by atoms with Crippen LogP contribution in [-0.4, -0.2) is 20.8 Å².